The average Bonchev–Trinajstić information content (AvgIpc) is 3.42. The minimum absolute atomic E-state index is 0.0436. The highest BCUT2D eigenvalue weighted by molar-refractivity contribution is 6.05. The molecule has 1 aliphatic heterocycles. The smallest absolute Gasteiger partial charge is 0.256 e. The second kappa shape index (κ2) is 11.5. The van der Waals surface area contributed by atoms with Crippen molar-refractivity contribution in [3.05, 3.63) is 41.5 Å². The summed E-state index contributed by atoms with van der Waals surface area (Å²) in [5.74, 6) is 2.01. The van der Waals surface area contributed by atoms with Crippen molar-refractivity contribution in [3.8, 4) is 23.0 Å². The van der Waals surface area contributed by atoms with Crippen LogP contribution in [-0.2, 0) is 4.79 Å². The van der Waals surface area contributed by atoms with Gasteiger partial charge >= 0.3 is 0 Å². The summed E-state index contributed by atoms with van der Waals surface area (Å²) in [4.78, 5) is 29.0. The van der Waals surface area contributed by atoms with E-state index in [1.54, 1.807) is 33.5 Å². The second-order valence-corrected chi connectivity index (χ2v) is 9.34. The van der Waals surface area contributed by atoms with Crippen LogP contribution in [0.4, 0.5) is 5.69 Å². The van der Waals surface area contributed by atoms with Crippen LogP contribution in [0.2, 0.25) is 0 Å². The van der Waals surface area contributed by atoms with E-state index >= 15 is 0 Å². The molecule has 1 saturated carbocycles. The molecule has 8 nitrogen and oxygen atoms in total. The predicted octanol–water partition coefficient (Wildman–Crippen LogP) is 5.22. The zero-order valence-corrected chi connectivity index (χ0v) is 21.6. The summed E-state index contributed by atoms with van der Waals surface area (Å²) in [5.41, 5.74) is 1.76. The Hall–Kier alpha value is -3.42. The molecule has 1 unspecified atom stereocenters. The molecule has 36 heavy (non-hydrogen) atoms. The number of methoxy groups -OCH3 is 4. The van der Waals surface area contributed by atoms with Crippen molar-refractivity contribution in [2.45, 2.75) is 51.0 Å². The first kappa shape index (κ1) is 25.7. The Labute approximate surface area is 212 Å². The number of rotatable bonds is 8. The molecule has 2 aromatic carbocycles. The molecule has 1 saturated heterocycles. The summed E-state index contributed by atoms with van der Waals surface area (Å²) >= 11 is 0. The van der Waals surface area contributed by atoms with Gasteiger partial charge in [-0.15, -0.1) is 0 Å². The lowest BCUT2D eigenvalue weighted by Crippen LogP contribution is -2.32. The Morgan fingerprint density at radius 2 is 1.50 bits per heavy atom. The van der Waals surface area contributed by atoms with Gasteiger partial charge in [0, 0.05) is 30.2 Å². The van der Waals surface area contributed by atoms with Crippen molar-refractivity contribution in [2.75, 3.05) is 40.3 Å². The number of benzene rings is 2. The van der Waals surface area contributed by atoms with Crippen molar-refractivity contribution in [1.29, 1.82) is 0 Å². The van der Waals surface area contributed by atoms with E-state index in [0.29, 0.717) is 40.8 Å². The van der Waals surface area contributed by atoms with Crippen LogP contribution >= 0.6 is 0 Å². The van der Waals surface area contributed by atoms with Crippen molar-refractivity contribution in [1.82, 2.24) is 4.90 Å². The van der Waals surface area contributed by atoms with Gasteiger partial charge < -0.3 is 29.2 Å². The highest BCUT2D eigenvalue weighted by Crippen LogP contribution is 2.41. The van der Waals surface area contributed by atoms with Gasteiger partial charge in [0.15, 0.2) is 11.5 Å². The number of carbonyl (C=O) groups is 2. The molecule has 1 N–H and O–H groups in total. The number of ether oxygens (including phenoxy) is 4. The van der Waals surface area contributed by atoms with Gasteiger partial charge in [-0.2, -0.15) is 0 Å². The average molecular weight is 497 g/mol. The number of amides is 2. The molecule has 0 spiro atoms. The fourth-order valence-electron chi connectivity index (χ4n) is 5.34. The Kier molecular flexibility index (Phi) is 8.23. The predicted molar refractivity (Wildman–Crippen MR) is 137 cm³/mol. The summed E-state index contributed by atoms with van der Waals surface area (Å²) in [7, 11) is 6.30. The van der Waals surface area contributed by atoms with E-state index in [1.165, 1.54) is 7.11 Å². The lowest BCUT2D eigenvalue weighted by atomic mass is 9.88. The number of anilines is 1. The molecular formula is C28H36N2O6. The Balaban J connectivity index is 1.68. The van der Waals surface area contributed by atoms with Crippen LogP contribution in [-0.4, -0.2) is 51.7 Å². The molecule has 2 aliphatic rings. The van der Waals surface area contributed by atoms with E-state index in [2.05, 4.69) is 5.32 Å². The van der Waals surface area contributed by atoms with Crippen LogP contribution in [0.15, 0.2) is 30.3 Å². The maximum absolute atomic E-state index is 14.0. The lowest BCUT2D eigenvalue weighted by molar-refractivity contribution is -0.120. The van der Waals surface area contributed by atoms with Crippen molar-refractivity contribution in [3.63, 3.8) is 0 Å². The van der Waals surface area contributed by atoms with Crippen molar-refractivity contribution < 1.29 is 28.5 Å². The molecule has 194 valence electrons. The molecule has 2 amide bonds. The third-order valence-corrected chi connectivity index (χ3v) is 7.30. The molecule has 1 aliphatic carbocycles. The number of carbonyl (C=O) groups excluding carboxylic acids is 2. The van der Waals surface area contributed by atoms with E-state index < -0.39 is 0 Å². The van der Waals surface area contributed by atoms with Gasteiger partial charge in [-0.05, 0) is 43.9 Å². The molecule has 2 aromatic rings. The van der Waals surface area contributed by atoms with E-state index in [0.717, 1.165) is 50.5 Å². The first-order valence-electron chi connectivity index (χ1n) is 12.6. The lowest BCUT2D eigenvalue weighted by Gasteiger charge is -2.28. The fourth-order valence-corrected chi connectivity index (χ4v) is 5.34. The minimum Gasteiger partial charge on any atom is -0.497 e. The number of nitrogens with one attached hydrogen (secondary N) is 1. The molecule has 0 radical (unpaired) electrons. The van der Waals surface area contributed by atoms with Crippen LogP contribution in [0.5, 0.6) is 23.0 Å². The van der Waals surface area contributed by atoms with E-state index in [-0.39, 0.29) is 23.8 Å². The van der Waals surface area contributed by atoms with Crippen LogP contribution in [0, 0.1) is 5.92 Å². The fraction of sp³-hybridized carbons (Fsp3) is 0.500. The molecule has 0 bridgehead atoms. The first-order valence-corrected chi connectivity index (χ1v) is 12.6. The third kappa shape index (κ3) is 5.22. The SMILES string of the molecule is COc1ccc(C2CCCN2C(=O)c2cc(OC)c(OC)cc2NC(=O)C2CCCCC2)c(OC)c1. The summed E-state index contributed by atoms with van der Waals surface area (Å²) in [5, 5.41) is 3.04. The second-order valence-electron chi connectivity index (χ2n) is 9.34. The number of likely N-dealkylation sites (tertiary alicyclic amines) is 1. The third-order valence-electron chi connectivity index (χ3n) is 7.30. The molecular weight excluding hydrogens is 460 g/mol. The molecule has 0 aromatic heterocycles. The quantitative estimate of drug-likeness (QED) is 0.540. The first-order chi connectivity index (χ1) is 17.5. The van der Waals surface area contributed by atoms with Gasteiger partial charge in [-0.25, -0.2) is 0 Å². The van der Waals surface area contributed by atoms with Crippen LogP contribution in [0.3, 0.4) is 0 Å². The van der Waals surface area contributed by atoms with E-state index in [9.17, 15) is 9.59 Å². The van der Waals surface area contributed by atoms with E-state index in [1.807, 2.05) is 23.1 Å². The molecule has 4 rings (SSSR count). The molecule has 1 atom stereocenters. The highest BCUT2D eigenvalue weighted by Gasteiger charge is 2.34. The molecule has 8 heteroatoms. The van der Waals surface area contributed by atoms with Gasteiger partial charge in [-0.1, -0.05) is 19.3 Å². The largest absolute Gasteiger partial charge is 0.497 e. The monoisotopic (exact) mass is 496 g/mol. The topological polar surface area (TPSA) is 86.3 Å². The van der Waals surface area contributed by atoms with Crippen molar-refractivity contribution >= 4 is 17.5 Å². The van der Waals surface area contributed by atoms with Crippen LogP contribution < -0.4 is 24.3 Å². The Morgan fingerprint density at radius 1 is 0.806 bits per heavy atom. The van der Waals surface area contributed by atoms with Gasteiger partial charge in [-0.3, -0.25) is 9.59 Å². The number of hydrogen-bond acceptors (Lipinski definition) is 6. The standard InChI is InChI=1S/C28H36N2O6/c1-33-19-12-13-20(24(15-19)34-2)23-11-8-14-30(23)28(32)21-16-25(35-3)26(36-4)17-22(21)29-27(31)18-9-6-5-7-10-18/h12-13,15-18,23H,5-11,14H2,1-4H3,(H,29,31). The number of hydrogen-bond donors (Lipinski definition) is 1. The van der Waals surface area contributed by atoms with Crippen LogP contribution in [0.1, 0.15) is 66.9 Å². The van der Waals surface area contributed by atoms with Gasteiger partial charge in [0.2, 0.25) is 5.91 Å². The zero-order valence-electron chi connectivity index (χ0n) is 21.6. The van der Waals surface area contributed by atoms with Crippen LogP contribution in [0.25, 0.3) is 0 Å². The normalized spacial score (nSPS) is 18.0. The van der Waals surface area contributed by atoms with E-state index in [4.69, 9.17) is 18.9 Å². The Morgan fingerprint density at radius 3 is 2.17 bits per heavy atom. The number of nitrogens with zero attached hydrogens (tertiary/aromatic N) is 1. The summed E-state index contributed by atoms with van der Waals surface area (Å²) in [6.45, 7) is 0.600. The maximum Gasteiger partial charge on any atom is 0.256 e. The minimum atomic E-state index is -0.171. The highest BCUT2D eigenvalue weighted by atomic mass is 16.5. The van der Waals surface area contributed by atoms with Gasteiger partial charge in [0.05, 0.1) is 45.7 Å². The van der Waals surface area contributed by atoms with Gasteiger partial charge in [0.1, 0.15) is 11.5 Å². The molecule has 2 fully saturated rings. The maximum atomic E-state index is 14.0. The zero-order chi connectivity index (χ0) is 25.7. The van der Waals surface area contributed by atoms with Crippen molar-refractivity contribution in [2.24, 2.45) is 5.92 Å². The van der Waals surface area contributed by atoms with Gasteiger partial charge in [0.25, 0.3) is 5.91 Å². The summed E-state index contributed by atoms with van der Waals surface area (Å²) in [6.07, 6.45) is 6.68. The summed E-state index contributed by atoms with van der Waals surface area (Å²) < 4.78 is 21.9. The summed E-state index contributed by atoms with van der Waals surface area (Å²) in [6, 6.07) is 8.86. The Bertz CT molecular complexity index is 1100. The molecule has 1 heterocycles.